The molecule has 1 aromatic carbocycles. The van der Waals surface area contributed by atoms with Crippen LogP contribution >= 0.6 is 0 Å². The summed E-state index contributed by atoms with van der Waals surface area (Å²) >= 11 is 0. The van der Waals surface area contributed by atoms with E-state index in [1.165, 1.54) is 0 Å². The van der Waals surface area contributed by atoms with Crippen molar-refractivity contribution in [2.75, 3.05) is 25.0 Å². The number of hydrogen-bond acceptors (Lipinski definition) is 3. The van der Waals surface area contributed by atoms with Gasteiger partial charge < -0.3 is 15.5 Å². The van der Waals surface area contributed by atoms with Gasteiger partial charge in [0.05, 0.1) is 0 Å². The number of hydrogen-bond donors (Lipinski definition) is 2. The number of benzene rings is 1. The number of anilines is 1. The minimum Gasteiger partial charge on any atom is -0.344 e. The maximum Gasteiger partial charge on any atom is 0.249 e. The molecule has 5 nitrogen and oxygen atoms in total. The van der Waals surface area contributed by atoms with Crippen molar-refractivity contribution in [1.29, 1.82) is 0 Å². The lowest BCUT2D eigenvalue weighted by molar-refractivity contribution is -0.128. The topological polar surface area (TPSA) is 61.4 Å². The standard InChI is InChI=1S/C15H21N3O2/c1-11(10-16-2)14(19)17-13-8-9-18(15(13)20)12-6-4-3-5-7-12/h3-7,11,13,16H,8-10H2,1-2H3,(H,17,19). The zero-order chi connectivity index (χ0) is 14.5. The molecule has 0 bridgehead atoms. The van der Waals surface area contributed by atoms with Gasteiger partial charge in [0.15, 0.2) is 0 Å². The van der Waals surface area contributed by atoms with Gasteiger partial charge >= 0.3 is 0 Å². The van der Waals surface area contributed by atoms with Crippen molar-refractivity contribution in [3.05, 3.63) is 30.3 Å². The van der Waals surface area contributed by atoms with Gasteiger partial charge in [-0.25, -0.2) is 0 Å². The first-order valence-electron chi connectivity index (χ1n) is 6.95. The Kier molecular flexibility index (Phi) is 4.74. The predicted molar refractivity (Wildman–Crippen MR) is 78.4 cm³/mol. The minimum atomic E-state index is -0.401. The summed E-state index contributed by atoms with van der Waals surface area (Å²) in [6.07, 6.45) is 0.658. The minimum absolute atomic E-state index is 0.0267. The highest BCUT2D eigenvalue weighted by molar-refractivity contribution is 6.01. The van der Waals surface area contributed by atoms with Crippen molar-refractivity contribution in [3.8, 4) is 0 Å². The number of rotatable bonds is 5. The quantitative estimate of drug-likeness (QED) is 0.834. The molecular formula is C15H21N3O2. The van der Waals surface area contributed by atoms with Crippen LogP contribution in [0.15, 0.2) is 30.3 Å². The zero-order valence-electron chi connectivity index (χ0n) is 11.9. The Morgan fingerprint density at radius 1 is 1.40 bits per heavy atom. The van der Waals surface area contributed by atoms with Gasteiger partial charge in [0.1, 0.15) is 6.04 Å². The van der Waals surface area contributed by atoms with Crippen molar-refractivity contribution in [2.45, 2.75) is 19.4 Å². The van der Waals surface area contributed by atoms with Gasteiger partial charge in [-0.2, -0.15) is 0 Å². The maximum atomic E-state index is 12.3. The molecule has 1 aromatic rings. The van der Waals surface area contributed by atoms with Gasteiger partial charge in [0.2, 0.25) is 11.8 Å². The SMILES string of the molecule is CNCC(C)C(=O)NC1CCN(c2ccccc2)C1=O. The Morgan fingerprint density at radius 3 is 2.75 bits per heavy atom. The van der Waals surface area contributed by atoms with E-state index in [0.717, 1.165) is 5.69 Å². The number of para-hydroxylation sites is 1. The molecule has 0 saturated carbocycles. The molecule has 5 heteroatoms. The van der Waals surface area contributed by atoms with Crippen LogP contribution in [-0.4, -0.2) is 38.0 Å². The highest BCUT2D eigenvalue weighted by Gasteiger charge is 2.34. The Labute approximate surface area is 119 Å². The van der Waals surface area contributed by atoms with E-state index >= 15 is 0 Å². The molecule has 2 atom stereocenters. The summed E-state index contributed by atoms with van der Waals surface area (Å²) in [7, 11) is 1.81. The lowest BCUT2D eigenvalue weighted by Crippen LogP contribution is -2.45. The maximum absolute atomic E-state index is 12.3. The number of nitrogens with one attached hydrogen (secondary N) is 2. The average molecular weight is 275 g/mol. The third-order valence-electron chi connectivity index (χ3n) is 3.55. The fourth-order valence-corrected chi connectivity index (χ4v) is 2.39. The summed E-state index contributed by atoms with van der Waals surface area (Å²) in [6.45, 7) is 3.10. The molecule has 1 aliphatic heterocycles. The highest BCUT2D eigenvalue weighted by Crippen LogP contribution is 2.21. The smallest absolute Gasteiger partial charge is 0.249 e. The van der Waals surface area contributed by atoms with Gasteiger partial charge in [-0.1, -0.05) is 25.1 Å². The van der Waals surface area contributed by atoms with Crippen molar-refractivity contribution in [2.24, 2.45) is 5.92 Å². The second-order valence-corrected chi connectivity index (χ2v) is 5.13. The molecule has 0 spiro atoms. The summed E-state index contributed by atoms with van der Waals surface area (Å²) in [6, 6.07) is 9.15. The van der Waals surface area contributed by atoms with Crippen molar-refractivity contribution >= 4 is 17.5 Å². The number of carbonyl (C=O) groups is 2. The fraction of sp³-hybridized carbons (Fsp3) is 0.467. The molecule has 1 heterocycles. The first-order chi connectivity index (χ1) is 9.63. The third kappa shape index (κ3) is 3.17. The molecule has 0 radical (unpaired) electrons. The van der Waals surface area contributed by atoms with E-state index < -0.39 is 6.04 Å². The Bertz CT molecular complexity index is 475. The van der Waals surface area contributed by atoms with Gasteiger partial charge in [0.25, 0.3) is 0 Å². The largest absolute Gasteiger partial charge is 0.344 e. The summed E-state index contributed by atoms with van der Waals surface area (Å²) in [5.74, 6) is -0.243. The summed E-state index contributed by atoms with van der Waals surface area (Å²) in [5.41, 5.74) is 0.887. The Morgan fingerprint density at radius 2 is 2.10 bits per heavy atom. The van der Waals surface area contributed by atoms with Crippen molar-refractivity contribution < 1.29 is 9.59 Å². The van der Waals surface area contributed by atoms with E-state index in [9.17, 15) is 9.59 Å². The van der Waals surface area contributed by atoms with E-state index in [0.29, 0.717) is 19.5 Å². The molecule has 0 aromatic heterocycles. The first kappa shape index (κ1) is 14.5. The molecule has 2 unspecified atom stereocenters. The van der Waals surface area contributed by atoms with Gasteiger partial charge in [-0.15, -0.1) is 0 Å². The molecule has 2 N–H and O–H groups in total. The molecule has 2 rings (SSSR count). The van der Waals surface area contributed by atoms with E-state index in [2.05, 4.69) is 10.6 Å². The van der Waals surface area contributed by atoms with Crippen molar-refractivity contribution in [1.82, 2.24) is 10.6 Å². The van der Waals surface area contributed by atoms with Gasteiger partial charge in [-0.05, 0) is 25.6 Å². The van der Waals surface area contributed by atoms with Gasteiger partial charge in [-0.3, -0.25) is 9.59 Å². The number of nitrogens with zero attached hydrogens (tertiary/aromatic N) is 1. The second-order valence-electron chi connectivity index (χ2n) is 5.13. The van der Waals surface area contributed by atoms with Crippen LogP contribution in [-0.2, 0) is 9.59 Å². The van der Waals surface area contributed by atoms with E-state index in [-0.39, 0.29) is 17.7 Å². The first-order valence-corrected chi connectivity index (χ1v) is 6.95. The van der Waals surface area contributed by atoms with Crippen LogP contribution < -0.4 is 15.5 Å². The average Bonchev–Trinajstić information content (AvgIpc) is 2.81. The molecule has 0 aliphatic carbocycles. The van der Waals surface area contributed by atoms with Crippen LogP contribution in [0.5, 0.6) is 0 Å². The summed E-state index contributed by atoms with van der Waals surface area (Å²) < 4.78 is 0. The molecule has 1 aliphatic rings. The molecule has 1 fully saturated rings. The van der Waals surface area contributed by atoms with Crippen LogP contribution in [0.1, 0.15) is 13.3 Å². The van der Waals surface area contributed by atoms with Crippen molar-refractivity contribution in [3.63, 3.8) is 0 Å². The highest BCUT2D eigenvalue weighted by atomic mass is 16.2. The van der Waals surface area contributed by atoms with E-state index in [1.54, 1.807) is 4.90 Å². The molecular weight excluding hydrogens is 254 g/mol. The fourth-order valence-electron chi connectivity index (χ4n) is 2.39. The van der Waals surface area contributed by atoms with Gasteiger partial charge in [0, 0.05) is 24.7 Å². The number of carbonyl (C=O) groups excluding carboxylic acids is 2. The van der Waals surface area contributed by atoms with Crippen LogP contribution in [0, 0.1) is 5.92 Å². The molecule has 20 heavy (non-hydrogen) atoms. The van der Waals surface area contributed by atoms with E-state index in [4.69, 9.17) is 0 Å². The third-order valence-corrected chi connectivity index (χ3v) is 3.55. The molecule has 2 amide bonds. The van der Waals surface area contributed by atoms with Crippen LogP contribution in [0.4, 0.5) is 5.69 Å². The van der Waals surface area contributed by atoms with Crippen LogP contribution in [0.25, 0.3) is 0 Å². The lowest BCUT2D eigenvalue weighted by Gasteiger charge is -2.18. The Hall–Kier alpha value is -1.88. The summed E-state index contributed by atoms with van der Waals surface area (Å²) in [5, 5.41) is 5.81. The summed E-state index contributed by atoms with van der Waals surface area (Å²) in [4.78, 5) is 26.0. The normalized spacial score (nSPS) is 20.0. The Balaban J connectivity index is 1.96. The van der Waals surface area contributed by atoms with Crippen LogP contribution in [0.3, 0.4) is 0 Å². The zero-order valence-corrected chi connectivity index (χ0v) is 11.9. The molecule has 108 valence electrons. The molecule has 1 saturated heterocycles. The van der Waals surface area contributed by atoms with Crippen LogP contribution in [0.2, 0.25) is 0 Å². The number of amides is 2. The monoisotopic (exact) mass is 275 g/mol. The second kappa shape index (κ2) is 6.52. The van der Waals surface area contributed by atoms with E-state index in [1.807, 2.05) is 44.3 Å². The predicted octanol–water partition coefficient (Wildman–Crippen LogP) is 0.764. The lowest BCUT2D eigenvalue weighted by atomic mass is 10.1.